The summed E-state index contributed by atoms with van der Waals surface area (Å²) < 4.78 is 43.3. The number of oxime groups is 1. The molecular weight excluding hydrogens is 397 g/mol. The van der Waals surface area contributed by atoms with Crippen LogP contribution in [-0.4, -0.2) is 16.8 Å². The van der Waals surface area contributed by atoms with Crippen molar-refractivity contribution in [1.29, 1.82) is 0 Å². The Morgan fingerprint density at radius 1 is 1.14 bits per heavy atom. The van der Waals surface area contributed by atoms with Crippen LogP contribution in [0.5, 0.6) is 0 Å². The zero-order valence-corrected chi connectivity index (χ0v) is 15.1. The van der Waals surface area contributed by atoms with E-state index in [2.05, 4.69) is 10.3 Å². The molecule has 0 atom stereocenters. The molecule has 0 spiro atoms. The standard InChI is InChI=1S/C19H12ClF3N2O3/c1-11(17-10-16(25-27-17)12-5-7-15(20)8-6-12)24-28-18(26)13-3-2-4-14(9-13)19(21,22)23/h2-10H,1H3. The number of alkyl halides is 3. The van der Waals surface area contributed by atoms with E-state index in [1.165, 1.54) is 13.0 Å². The molecule has 0 bridgehead atoms. The van der Waals surface area contributed by atoms with Crippen molar-refractivity contribution < 1.29 is 27.3 Å². The minimum Gasteiger partial charge on any atom is -0.354 e. The molecule has 0 aliphatic heterocycles. The molecule has 0 N–H and O–H groups in total. The maximum Gasteiger partial charge on any atom is 0.416 e. The number of nitrogens with zero attached hydrogens (tertiary/aromatic N) is 2. The van der Waals surface area contributed by atoms with Crippen molar-refractivity contribution in [2.45, 2.75) is 13.1 Å². The van der Waals surface area contributed by atoms with Gasteiger partial charge in [0.05, 0.1) is 11.1 Å². The van der Waals surface area contributed by atoms with Gasteiger partial charge in [-0.05, 0) is 37.3 Å². The van der Waals surface area contributed by atoms with Gasteiger partial charge in [-0.15, -0.1) is 0 Å². The second kappa shape index (κ2) is 7.85. The van der Waals surface area contributed by atoms with E-state index in [0.717, 1.165) is 17.7 Å². The zero-order chi connectivity index (χ0) is 20.3. The smallest absolute Gasteiger partial charge is 0.354 e. The van der Waals surface area contributed by atoms with Gasteiger partial charge in [0.1, 0.15) is 11.4 Å². The number of rotatable bonds is 4. The van der Waals surface area contributed by atoms with Crippen LogP contribution in [0.1, 0.15) is 28.6 Å². The van der Waals surface area contributed by atoms with E-state index < -0.39 is 17.7 Å². The van der Waals surface area contributed by atoms with E-state index in [1.54, 1.807) is 30.3 Å². The fourth-order valence-electron chi connectivity index (χ4n) is 2.23. The minimum atomic E-state index is -4.56. The molecule has 0 aliphatic rings. The summed E-state index contributed by atoms with van der Waals surface area (Å²) in [5.74, 6) is -0.787. The van der Waals surface area contributed by atoms with E-state index in [0.29, 0.717) is 16.8 Å². The molecule has 144 valence electrons. The SMILES string of the molecule is CC(=NOC(=O)c1cccc(C(F)(F)F)c1)c1cc(-c2ccc(Cl)cc2)no1. The van der Waals surface area contributed by atoms with E-state index in [-0.39, 0.29) is 17.0 Å². The highest BCUT2D eigenvalue weighted by molar-refractivity contribution is 6.30. The lowest BCUT2D eigenvalue weighted by molar-refractivity contribution is -0.137. The van der Waals surface area contributed by atoms with Crippen LogP contribution in [0.15, 0.2) is 64.3 Å². The quantitative estimate of drug-likeness (QED) is 0.320. The van der Waals surface area contributed by atoms with Gasteiger partial charge in [-0.1, -0.05) is 40.1 Å². The number of hydrogen-bond acceptors (Lipinski definition) is 5. The Kier molecular flexibility index (Phi) is 5.51. The molecule has 5 nitrogen and oxygen atoms in total. The summed E-state index contributed by atoms with van der Waals surface area (Å²) in [6.45, 7) is 1.51. The van der Waals surface area contributed by atoms with Crippen LogP contribution >= 0.6 is 11.6 Å². The average molecular weight is 409 g/mol. The molecular formula is C19H12ClF3N2O3. The molecule has 0 fully saturated rings. The molecule has 1 aromatic heterocycles. The lowest BCUT2D eigenvalue weighted by Gasteiger charge is -2.07. The molecule has 0 unspecified atom stereocenters. The molecule has 9 heteroatoms. The van der Waals surface area contributed by atoms with Gasteiger partial charge in [-0.25, -0.2) is 4.79 Å². The summed E-state index contributed by atoms with van der Waals surface area (Å²) in [4.78, 5) is 16.7. The third-order valence-corrected chi connectivity index (χ3v) is 3.95. The fourth-order valence-corrected chi connectivity index (χ4v) is 2.36. The minimum absolute atomic E-state index is 0.188. The first-order valence-corrected chi connectivity index (χ1v) is 8.28. The first-order chi connectivity index (χ1) is 13.2. The van der Waals surface area contributed by atoms with Gasteiger partial charge in [-0.3, -0.25) is 0 Å². The Balaban J connectivity index is 1.72. The molecule has 0 saturated heterocycles. The van der Waals surface area contributed by atoms with Crippen molar-refractivity contribution in [3.05, 3.63) is 76.5 Å². The topological polar surface area (TPSA) is 64.7 Å². The van der Waals surface area contributed by atoms with Crippen LogP contribution in [-0.2, 0) is 11.0 Å². The summed E-state index contributed by atoms with van der Waals surface area (Å²) in [5.41, 5.74) is 0.239. The number of carbonyl (C=O) groups excluding carboxylic acids is 1. The molecule has 1 heterocycles. The third kappa shape index (κ3) is 4.58. The van der Waals surface area contributed by atoms with Crippen molar-refractivity contribution in [1.82, 2.24) is 5.16 Å². The predicted octanol–water partition coefficient (Wildman–Crippen LogP) is 5.59. The van der Waals surface area contributed by atoms with Gasteiger partial charge >= 0.3 is 12.1 Å². The van der Waals surface area contributed by atoms with Gasteiger partial charge in [0.2, 0.25) is 0 Å². The average Bonchev–Trinajstić information content (AvgIpc) is 3.16. The Morgan fingerprint density at radius 2 is 1.86 bits per heavy atom. The van der Waals surface area contributed by atoms with E-state index in [9.17, 15) is 18.0 Å². The molecule has 28 heavy (non-hydrogen) atoms. The van der Waals surface area contributed by atoms with Gasteiger partial charge < -0.3 is 9.36 Å². The molecule has 0 radical (unpaired) electrons. The van der Waals surface area contributed by atoms with Gasteiger partial charge in [0.15, 0.2) is 5.76 Å². The highest BCUT2D eigenvalue weighted by Crippen LogP contribution is 2.29. The number of aromatic nitrogens is 1. The van der Waals surface area contributed by atoms with Crippen LogP contribution in [0.4, 0.5) is 13.2 Å². The third-order valence-electron chi connectivity index (χ3n) is 3.70. The Morgan fingerprint density at radius 3 is 2.54 bits per heavy atom. The molecule has 0 saturated carbocycles. The first-order valence-electron chi connectivity index (χ1n) is 7.90. The van der Waals surface area contributed by atoms with E-state index >= 15 is 0 Å². The second-order valence-corrected chi connectivity index (χ2v) is 6.15. The molecule has 2 aromatic carbocycles. The lowest BCUT2D eigenvalue weighted by Crippen LogP contribution is -2.08. The number of hydrogen-bond donors (Lipinski definition) is 0. The van der Waals surface area contributed by atoms with Crippen molar-refractivity contribution in [3.63, 3.8) is 0 Å². The van der Waals surface area contributed by atoms with Crippen LogP contribution in [0, 0.1) is 0 Å². The van der Waals surface area contributed by atoms with Gasteiger partial charge in [-0.2, -0.15) is 13.2 Å². The first kappa shape index (κ1) is 19.6. The highest BCUT2D eigenvalue weighted by atomic mass is 35.5. The molecule has 0 amide bonds. The fraction of sp³-hybridized carbons (Fsp3) is 0.105. The summed E-state index contributed by atoms with van der Waals surface area (Å²) in [6.07, 6.45) is -4.56. The van der Waals surface area contributed by atoms with E-state index in [1.807, 2.05) is 0 Å². The zero-order valence-electron chi connectivity index (χ0n) is 14.3. The number of carbonyl (C=O) groups is 1. The van der Waals surface area contributed by atoms with Crippen LogP contribution in [0.25, 0.3) is 11.3 Å². The summed E-state index contributed by atoms with van der Waals surface area (Å²) in [5, 5.41) is 8.09. The maximum absolute atomic E-state index is 12.7. The molecule has 3 aromatic rings. The number of benzene rings is 2. The summed E-state index contributed by atoms with van der Waals surface area (Å²) >= 11 is 5.84. The molecule has 0 aliphatic carbocycles. The Hall–Kier alpha value is -3.13. The van der Waals surface area contributed by atoms with Crippen LogP contribution < -0.4 is 0 Å². The second-order valence-electron chi connectivity index (χ2n) is 5.72. The van der Waals surface area contributed by atoms with Gasteiger partial charge in [0.25, 0.3) is 0 Å². The Labute approximate surface area is 162 Å². The summed E-state index contributed by atoms with van der Waals surface area (Å²) in [6, 6.07) is 12.4. The Bertz CT molecular complexity index is 1030. The van der Waals surface area contributed by atoms with Crippen molar-refractivity contribution in [2.24, 2.45) is 5.16 Å². The normalized spacial score (nSPS) is 12.1. The van der Waals surface area contributed by atoms with Crippen molar-refractivity contribution >= 4 is 23.3 Å². The summed E-state index contributed by atoms with van der Waals surface area (Å²) in [7, 11) is 0. The van der Waals surface area contributed by atoms with Crippen molar-refractivity contribution in [3.8, 4) is 11.3 Å². The van der Waals surface area contributed by atoms with Crippen molar-refractivity contribution in [2.75, 3.05) is 0 Å². The largest absolute Gasteiger partial charge is 0.416 e. The molecule has 3 rings (SSSR count). The van der Waals surface area contributed by atoms with Crippen LogP contribution in [0.2, 0.25) is 5.02 Å². The highest BCUT2D eigenvalue weighted by Gasteiger charge is 2.31. The van der Waals surface area contributed by atoms with E-state index in [4.69, 9.17) is 21.0 Å². The monoisotopic (exact) mass is 408 g/mol. The lowest BCUT2D eigenvalue weighted by atomic mass is 10.1. The van der Waals surface area contributed by atoms with Gasteiger partial charge in [0, 0.05) is 16.7 Å². The maximum atomic E-state index is 12.7. The number of halogens is 4. The predicted molar refractivity (Wildman–Crippen MR) is 96.0 cm³/mol. The van der Waals surface area contributed by atoms with Crippen LogP contribution in [0.3, 0.4) is 0 Å².